The first kappa shape index (κ1) is 13.0. The minimum Gasteiger partial charge on any atom is -0.329 e. The number of nitrogens with one attached hydrogen (secondary N) is 1. The highest BCUT2D eigenvalue weighted by Gasteiger charge is 2.12. The van der Waals surface area contributed by atoms with Gasteiger partial charge in [-0.1, -0.05) is 0 Å². The Bertz CT molecular complexity index is 626. The van der Waals surface area contributed by atoms with E-state index in [-0.39, 0.29) is 10.0 Å². The maximum atomic E-state index is 14.0. The van der Waals surface area contributed by atoms with Crippen LogP contribution in [-0.2, 0) is 0 Å². The number of benzene rings is 1. The van der Waals surface area contributed by atoms with Crippen molar-refractivity contribution in [3.63, 3.8) is 0 Å². The van der Waals surface area contributed by atoms with Gasteiger partial charge in [-0.3, -0.25) is 0 Å². The predicted molar refractivity (Wildman–Crippen MR) is 73.7 cm³/mol. The molecule has 0 aliphatic carbocycles. The highest BCUT2D eigenvalue weighted by molar-refractivity contribution is 9.10. The molecule has 18 heavy (non-hydrogen) atoms. The molecule has 2 rings (SSSR count). The number of rotatable bonds is 2. The van der Waals surface area contributed by atoms with E-state index in [9.17, 15) is 4.39 Å². The summed E-state index contributed by atoms with van der Waals surface area (Å²) in [5.74, 6) is -0.487. The number of aryl methyl sites for hydroxylation is 2. The van der Waals surface area contributed by atoms with E-state index in [0.29, 0.717) is 10.8 Å². The zero-order valence-corrected chi connectivity index (χ0v) is 12.1. The molecule has 3 nitrogen and oxygen atoms in total. The van der Waals surface area contributed by atoms with E-state index in [4.69, 9.17) is 5.26 Å². The zero-order chi connectivity index (χ0) is 13.3. The third-order valence-corrected chi connectivity index (χ3v) is 4.24. The fourth-order valence-corrected chi connectivity index (χ4v) is 2.64. The molecule has 0 radical (unpaired) electrons. The molecule has 0 aliphatic rings. The Hall–Kier alpha value is -1.45. The summed E-state index contributed by atoms with van der Waals surface area (Å²) < 4.78 is 14.1. The van der Waals surface area contributed by atoms with Crippen molar-refractivity contribution in [1.82, 2.24) is 4.98 Å². The van der Waals surface area contributed by atoms with Crippen LogP contribution in [0.2, 0.25) is 0 Å². The number of nitriles is 1. The van der Waals surface area contributed by atoms with Gasteiger partial charge in [0.05, 0.1) is 21.4 Å². The summed E-state index contributed by atoms with van der Waals surface area (Å²) >= 11 is 4.53. The van der Waals surface area contributed by atoms with E-state index < -0.39 is 5.82 Å². The van der Waals surface area contributed by atoms with Crippen LogP contribution in [0, 0.1) is 31.0 Å². The summed E-state index contributed by atoms with van der Waals surface area (Å²) in [6, 6.07) is 5.00. The van der Waals surface area contributed by atoms with Crippen molar-refractivity contribution in [2.75, 3.05) is 5.32 Å². The van der Waals surface area contributed by atoms with Crippen LogP contribution in [0.5, 0.6) is 0 Å². The van der Waals surface area contributed by atoms with Crippen molar-refractivity contribution in [3.05, 3.63) is 38.6 Å². The second-order valence-electron chi connectivity index (χ2n) is 3.69. The third kappa shape index (κ3) is 2.37. The summed E-state index contributed by atoms with van der Waals surface area (Å²) in [4.78, 5) is 5.37. The monoisotopic (exact) mass is 325 g/mol. The number of hydrogen-bond donors (Lipinski definition) is 1. The summed E-state index contributed by atoms with van der Waals surface area (Å²) in [6.45, 7) is 3.87. The zero-order valence-electron chi connectivity index (χ0n) is 9.71. The predicted octanol–water partition coefficient (Wildman–Crippen LogP) is 4.28. The smallest absolute Gasteiger partial charge is 0.187 e. The number of thiazole rings is 1. The number of anilines is 2. The van der Waals surface area contributed by atoms with Crippen LogP contribution < -0.4 is 5.32 Å². The van der Waals surface area contributed by atoms with Gasteiger partial charge in [0.2, 0.25) is 0 Å². The van der Waals surface area contributed by atoms with Gasteiger partial charge in [-0.2, -0.15) is 5.26 Å². The molecule has 0 amide bonds. The molecular formula is C12H9BrFN3S. The molecule has 1 heterocycles. The first-order valence-electron chi connectivity index (χ1n) is 5.12. The van der Waals surface area contributed by atoms with Gasteiger partial charge in [-0.25, -0.2) is 9.37 Å². The van der Waals surface area contributed by atoms with Crippen LogP contribution >= 0.6 is 27.3 Å². The molecule has 0 unspecified atom stereocenters. The Balaban J connectivity index is 2.36. The van der Waals surface area contributed by atoms with E-state index in [1.165, 1.54) is 17.4 Å². The lowest BCUT2D eigenvalue weighted by molar-refractivity contribution is 0.624. The molecule has 6 heteroatoms. The summed E-state index contributed by atoms with van der Waals surface area (Å²) in [5.41, 5.74) is 1.50. The lowest BCUT2D eigenvalue weighted by Gasteiger charge is -2.06. The van der Waals surface area contributed by atoms with E-state index in [1.807, 2.05) is 19.9 Å². The van der Waals surface area contributed by atoms with Crippen LogP contribution in [0.25, 0.3) is 0 Å². The molecule has 0 saturated carbocycles. The summed E-state index contributed by atoms with van der Waals surface area (Å²) in [6.07, 6.45) is 0. The molecule has 1 aromatic heterocycles. The second kappa shape index (κ2) is 5.04. The van der Waals surface area contributed by atoms with Gasteiger partial charge < -0.3 is 5.32 Å². The number of hydrogen-bond acceptors (Lipinski definition) is 4. The van der Waals surface area contributed by atoms with E-state index in [2.05, 4.69) is 26.2 Å². The normalized spacial score (nSPS) is 10.2. The molecule has 0 spiro atoms. The lowest BCUT2D eigenvalue weighted by atomic mass is 10.2. The van der Waals surface area contributed by atoms with E-state index >= 15 is 0 Å². The van der Waals surface area contributed by atoms with Crippen LogP contribution in [0.1, 0.15) is 16.1 Å². The molecular weight excluding hydrogens is 317 g/mol. The largest absolute Gasteiger partial charge is 0.329 e. The van der Waals surface area contributed by atoms with Gasteiger partial charge in [-0.05, 0) is 41.9 Å². The molecule has 0 atom stereocenters. The van der Waals surface area contributed by atoms with Gasteiger partial charge in [0, 0.05) is 4.88 Å². The van der Waals surface area contributed by atoms with Crippen molar-refractivity contribution < 1.29 is 4.39 Å². The van der Waals surface area contributed by atoms with Crippen molar-refractivity contribution in [2.45, 2.75) is 13.8 Å². The van der Waals surface area contributed by atoms with E-state index in [1.54, 1.807) is 6.07 Å². The Morgan fingerprint density at radius 2 is 2.17 bits per heavy atom. The molecule has 0 fully saturated rings. The number of nitrogens with zero attached hydrogens (tertiary/aromatic N) is 2. The first-order chi connectivity index (χ1) is 8.52. The van der Waals surface area contributed by atoms with Crippen molar-refractivity contribution in [2.24, 2.45) is 0 Å². The van der Waals surface area contributed by atoms with Gasteiger partial charge in [0.15, 0.2) is 10.9 Å². The average molecular weight is 326 g/mol. The summed E-state index contributed by atoms with van der Waals surface area (Å²) in [7, 11) is 0. The maximum absolute atomic E-state index is 14.0. The SMILES string of the molecule is Cc1nc(Nc2ccc(C#N)c(Br)c2F)sc1C. The second-order valence-corrected chi connectivity index (χ2v) is 5.68. The molecule has 0 saturated heterocycles. The Morgan fingerprint density at radius 3 is 2.72 bits per heavy atom. The quantitative estimate of drug-likeness (QED) is 0.896. The van der Waals surface area contributed by atoms with Crippen molar-refractivity contribution in [1.29, 1.82) is 5.26 Å². The van der Waals surface area contributed by atoms with Gasteiger partial charge in [0.1, 0.15) is 6.07 Å². The molecule has 1 aromatic carbocycles. The van der Waals surface area contributed by atoms with Crippen LogP contribution in [0.15, 0.2) is 16.6 Å². The fraction of sp³-hybridized carbons (Fsp3) is 0.167. The Labute approximate surface area is 116 Å². The van der Waals surface area contributed by atoms with Crippen molar-refractivity contribution in [3.8, 4) is 6.07 Å². The molecule has 1 N–H and O–H groups in total. The first-order valence-corrected chi connectivity index (χ1v) is 6.73. The lowest BCUT2D eigenvalue weighted by Crippen LogP contribution is -1.95. The highest BCUT2D eigenvalue weighted by atomic mass is 79.9. The molecule has 0 bridgehead atoms. The molecule has 0 aliphatic heterocycles. The summed E-state index contributed by atoms with van der Waals surface area (Å²) in [5, 5.41) is 12.3. The van der Waals surface area contributed by atoms with Crippen LogP contribution in [0.3, 0.4) is 0 Å². The maximum Gasteiger partial charge on any atom is 0.187 e. The Kier molecular flexibility index (Phi) is 3.64. The molecule has 2 aromatic rings. The number of aromatic nitrogens is 1. The minimum absolute atomic E-state index is 0.167. The minimum atomic E-state index is -0.487. The third-order valence-electron chi connectivity index (χ3n) is 2.47. The topological polar surface area (TPSA) is 48.7 Å². The average Bonchev–Trinajstić information content (AvgIpc) is 2.65. The standard InChI is InChI=1S/C12H9BrFN3S/c1-6-7(2)18-12(16-6)17-9-4-3-8(5-15)10(13)11(9)14/h3-4H,1-2H3,(H,16,17). The Morgan fingerprint density at radius 1 is 1.44 bits per heavy atom. The highest BCUT2D eigenvalue weighted by Crippen LogP contribution is 2.30. The van der Waals surface area contributed by atoms with Gasteiger partial charge >= 0.3 is 0 Å². The van der Waals surface area contributed by atoms with Crippen LogP contribution in [0.4, 0.5) is 15.2 Å². The van der Waals surface area contributed by atoms with Gasteiger partial charge in [0.25, 0.3) is 0 Å². The van der Waals surface area contributed by atoms with Crippen molar-refractivity contribution >= 4 is 38.1 Å². The van der Waals surface area contributed by atoms with Crippen LogP contribution in [-0.4, -0.2) is 4.98 Å². The van der Waals surface area contributed by atoms with E-state index in [0.717, 1.165) is 10.6 Å². The number of halogens is 2. The fourth-order valence-electron chi connectivity index (χ4n) is 1.37. The molecule has 92 valence electrons. The van der Waals surface area contributed by atoms with Gasteiger partial charge in [-0.15, -0.1) is 11.3 Å².